The number of nitrogens with one attached hydrogen (secondary N) is 1. The maximum atomic E-state index is 13.0. The SMILES string of the molecule is O=C(CCc1ccccc1)Nc1sc2c(c1-c1nc3ccccc3s1)CCN(Cc1ccccc1)C2. The van der Waals surface area contributed by atoms with Crippen molar-refractivity contribution in [3.63, 3.8) is 0 Å². The van der Waals surface area contributed by atoms with Crippen LogP contribution in [0.15, 0.2) is 84.9 Å². The number of fused-ring (bicyclic) bond motifs is 2. The zero-order valence-electron chi connectivity index (χ0n) is 19.9. The highest BCUT2D eigenvalue weighted by Crippen LogP contribution is 2.45. The molecular formula is C30H27N3OS2. The predicted molar refractivity (Wildman–Crippen MR) is 151 cm³/mol. The summed E-state index contributed by atoms with van der Waals surface area (Å²) in [4.78, 5) is 21.8. The predicted octanol–water partition coefficient (Wildman–Crippen LogP) is 7.15. The lowest BCUT2D eigenvalue weighted by Crippen LogP contribution is -2.29. The molecule has 1 N–H and O–H groups in total. The molecule has 3 aromatic carbocycles. The number of aryl methyl sites for hydroxylation is 1. The fourth-order valence-corrected chi connectivity index (χ4v) is 7.23. The van der Waals surface area contributed by atoms with E-state index in [9.17, 15) is 4.79 Å². The molecule has 1 aliphatic rings. The average molecular weight is 510 g/mol. The Balaban J connectivity index is 1.29. The molecule has 5 aromatic rings. The van der Waals surface area contributed by atoms with E-state index in [1.54, 1.807) is 22.7 Å². The van der Waals surface area contributed by atoms with E-state index in [1.165, 1.54) is 26.3 Å². The Hall–Kier alpha value is -3.32. The molecule has 0 bridgehead atoms. The lowest BCUT2D eigenvalue weighted by Gasteiger charge is -2.27. The molecule has 0 fully saturated rings. The van der Waals surface area contributed by atoms with Gasteiger partial charge in [-0.1, -0.05) is 72.8 Å². The first-order valence-corrected chi connectivity index (χ1v) is 14.0. The van der Waals surface area contributed by atoms with Gasteiger partial charge >= 0.3 is 0 Å². The molecule has 0 radical (unpaired) electrons. The maximum absolute atomic E-state index is 13.0. The number of para-hydroxylation sites is 1. The zero-order valence-corrected chi connectivity index (χ0v) is 21.6. The number of rotatable bonds is 7. The van der Waals surface area contributed by atoms with Crippen LogP contribution in [-0.2, 0) is 30.7 Å². The number of carbonyl (C=O) groups excluding carboxylic acids is 1. The number of hydrogen-bond donors (Lipinski definition) is 1. The van der Waals surface area contributed by atoms with E-state index in [0.717, 1.165) is 53.6 Å². The number of thiophene rings is 1. The summed E-state index contributed by atoms with van der Waals surface area (Å²) < 4.78 is 1.18. The van der Waals surface area contributed by atoms with Crippen molar-refractivity contribution in [3.8, 4) is 10.6 Å². The third-order valence-electron chi connectivity index (χ3n) is 6.63. The van der Waals surface area contributed by atoms with Gasteiger partial charge in [-0.05, 0) is 41.7 Å². The summed E-state index contributed by atoms with van der Waals surface area (Å²) in [5.41, 5.74) is 6.00. The standard InChI is InChI=1S/C30H27N3OS2/c34-27(16-15-21-9-3-1-4-10-21)32-30-28(29-31-24-13-7-8-14-25(24)35-29)23-17-18-33(20-26(23)36-30)19-22-11-5-2-6-12-22/h1-14H,15-20H2,(H,32,34). The molecule has 0 aliphatic carbocycles. The van der Waals surface area contributed by atoms with Crippen molar-refractivity contribution in [2.75, 3.05) is 11.9 Å². The van der Waals surface area contributed by atoms with Crippen LogP contribution in [0.2, 0.25) is 0 Å². The van der Waals surface area contributed by atoms with Gasteiger partial charge in [0.1, 0.15) is 10.0 Å². The second kappa shape index (κ2) is 10.3. The molecule has 3 heterocycles. The summed E-state index contributed by atoms with van der Waals surface area (Å²) in [5.74, 6) is 0.0564. The van der Waals surface area contributed by atoms with Gasteiger partial charge in [0.15, 0.2) is 0 Å². The Morgan fingerprint density at radius 2 is 1.61 bits per heavy atom. The lowest BCUT2D eigenvalue weighted by molar-refractivity contribution is -0.116. The van der Waals surface area contributed by atoms with Gasteiger partial charge in [0.2, 0.25) is 5.91 Å². The molecule has 2 aromatic heterocycles. The van der Waals surface area contributed by atoms with Crippen molar-refractivity contribution < 1.29 is 4.79 Å². The van der Waals surface area contributed by atoms with Gasteiger partial charge in [0.05, 0.1) is 10.2 Å². The van der Waals surface area contributed by atoms with Crippen molar-refractivity contribution in [3.05, 3.63) is 106 Å². The van der Waals surface area contributed by atoms with Crippen LogP contribution in [0.5, 0.6) is 0 Å². The Labute approximate surface area is 219 Å². The van der Waals surface area contributed by atoms with Crippen LogP contribution >= 0.6 is 22.7 Å². The summed E-state index contributed by atoms with van der Waals surface area (Å²) in [6.07, 6.45) is 2.16. The molecule has 0 unspecified atom stereocenters. The first-order valence-electron chi connectivity index (χ1n) is 12.3. The number of benzene rings is 3. The van der Waals surface area contributed by atoms with Gasteiger partial charge in [-0.3, -0.25) is 9.69 Å². The van der Waals surface area contributed by atoms with Gasteiger partial charge in [0, 0.05) is 36.5 Å². The first kappa shape index (κ1) is 23.1. The van der Waals surface area contributed by atoms with Crippen molar-refractivity contribution in [1.82, 2.24) is 9.88 Å². The molecule has 6 rings (SSSR count). The van der Waals surface area contributed by atoms with E-state index in [0.29, 0.717) is 6.42 Å². The number of hydrogen-bond acceptors (Lipinski definition) is 5. The number of thiazole rings is 1. The third kappa shape index (κ3) is 4.98. The molecule has 6 heteroatoms. The highest BCUT2D eigenvalue weighted by Gasteiger charge is 2.27. The molecule has 0 atom stereocenters. The molecule has 0 spiro atoms. The minimum absolute atomic E-state index is 0.0564. The smallest absolute Gasteiger partial charge is 0.225 e. The topological polar surface area (TPSA) is 45.2 Å². The summed E-state index contributed by atoms with van der Waals surface area (Å²) in [5, 5.41) is 5.22. The van der Waals surface area contributed by atoms with Crippen molar-refractivity contribution in [2.45, 2.75) is 32.4 Å². The van der Waals surface area contributed by atoms with Gasteiger partial charge in [-0.25, -0.2) is 4.98 Å². The number of aromatic nitrogens is 1. The van der Waals surface area contributed by atoms with Crippen LogP contribution in [-0.4, -0.2) is 22.3 Å². The number of amides is 1. The highest BCUT2D eigenvalue weighted by molar-refractivity contribution is 7.22. The van der Waals surface area contributed by atoms with Crippen LogP contribution in [0.25, 0.3) is 20.8 Å². The quantitative estimate of drug-likeness (QED) is 0.253. The molecule has 1 aliphatic heterocycles. The van der Waals surface area contributed by atoms with Crippen LogP contribution in [0.1, 0.15) is 28.0 Å². The summed E-state index contributed by atoms with van der Waals surface area (Å²) >= 11 is 3.44. The monoisotopic (exact) mass is 509 g/mol. The van der Waals surface area contributed by atoms with Crippen LogP contribution in [0.3, 0.4) is 0 Å². The number of anilines is 1. The molecule has 0 saturated carbocycles. The number of carbonyl (C=O) groups is 1. The van der Waals surface area contributed by atoms with E-state index in [-0.39, 0.29) is 5.91 Å². The molecule has 0 saturated heterocycles. The molecule has 4 nitrogen and oxygen atoms in total. The van der Waals surface area contributed by atoms with Gasteiger partial charge < -0.3 is 5.32 Å². The average Bonchev–Trinajstić information content (AvgIpc) is 3.49. The zero-order chi connectivity index (χ0) is 24.3. The van der Waals surface area contributed by atoms with E-state index >= 15 is 0 Å². The Morgan fingerprint density at radius 3 is 2.39 bits per heavy atom. The second-order valence-corrected chi connectivity index (χ2v) is 11.3. The Morgan fingerprint density at radius 1 is 0.889 bits per heavy atom. The Bertz CT molecular complexity index is 1460. The van der Waals surface area contributed by atoms with Crippen molar-refractivity contribution in [1.29, 1.82) is 0 Å². The highest BCUT2D eigenvalue weighted by atomic mass is 32.1. The fraction of sp³-hybridized carbons (Fsp3) is 0.200. The largest absolute Gasteiger partial charge is 0.317 e. The lowest BCUT2D eigenvalue weighted by atomic mass is 10.0. The normalized spacial score (nSPS) is 13.6. The van der Waals surface area contributed by atoms with E-state index in [4.69, 9.17) is 4.98 Å². The van der Waals surface area contributed by atoms with E-state index in [1.807, 2.05) is 24.3 Å². The maximum Gasteiger partial charge on any atom is 0.225 e. The van der Waals surface area contributed by atoms with Crippen molar-refractivity contribution in [2.24, 2.45) is 0 Å². The van der Waals surface area contributed by atoms with E-state index in [2.05, 4.69) is 70.9 Å². The fourth-order valence-electron chi connectivity index (χ4n) is 4.82. The van der Waals surface area contributed by atoms with Crippen LogP contribution < -0.4 is 5.32 Å². The molecule has 1 amide bonds. The van der Waals surface area contributed by atoms with E-state index < -0.39 is 0 Å². The molecule has 36 heavy (non-hydrogen) atoms. The van der Waals surface area contributed by atoms with Crippen LogP contribution in [0, 0.1) is 0 Å². The number of nitrogens with zero attached hydrogens (tertiary/aromatic N) is 2. The molecular weight excluding hydrogens is 482 g/mol. The minimum Gasteiger partial charge on any atom is -0.317 e. The van der Waals surface area contributed by atoms with Crippen LogP contribution in [0.4, 0.5) is 5.00 Å². The summed E-state index contributed by atoms with van der Waals surface area (Å²) in [6, 6.07) is 29.1. The second-order valence-electron chi connectivity index (χ2n) is 9.17. The van der Waals surface area contributed by atoms with Gasteiger partial charge in [0.25, 0.3) is 0 Å². The molecule has 180 valence electrons. The van der Waals surface area contributed by atoms with Crippen molar-refractivity contribution >= 4 is 43.8 Å². The first-order chi connectivity index (χ1) is 17.7. The minimum atomic E-state index is 0.0564. The van der Waals surface area contributed by atoms with Gasteiger partial charge in [-0.2, -0.15) is 0 Å². The third-order valence-corrected chi connectivity index (χ3v) is 8.82. The van der Waals surface area contributed by atoms with Gasteiger partial charge in [-0.15, -0.1) is 22.7 Å². The summed E-state index contributed by atoms with van der Waals surface area (Å²) in [6.45, 7) is 2.83. The summed E-state index contributed by atoms with van der Waals surface area (Å²) in [7, 11) is 0. The Kier molecular flexibility index (Phi) is 6.64.